The normalized spacial score (nSPS) is 15.9. The SMILES string of the molecule is O=C(c1ccc(NCc2ccccc2)c([N+](=O)[O-])c1)N1CCCC(c2nnc3ccccn23)C1. The van der Waals surface area contributed by atoms with Gasteiger partial charge in [-0.1, -0.05) is 36.4 Å². The summed E-state index contributed by atoms with van der Waals surface area (Å²) < 4.78 is 1.96. The molecule has 1 unspecified atom stereocenters. The van der Waals surface area contributed by atoms with Crippen LogP contribution in [-0.2, 0) is 6.54 Å². The number of nitrogens with zero attached hydrogens (tertiary/aromatic N) is 5. The number of anilines is 1. The minimum atomic E-state index is -0.453. The number of nitrogens with one attached hydrogen (secondary N) is 1. The molecule has 1 aliphatic rings. The van der Waals surface area contributed by atoms with Crippen molar-refractivity contribution in [2.75, 3.05) is 18.4 Å². The number of carbonyl (C=O) groups is 1. The van der Waals surface area contributed by atoms with E-state index >= 15 is 0 Å². The van der Waals surface area contributed by atoms with E-state index in [-0.39, 0.29) is 17.5 Å². The van der Waals surface area contributed by atoms with Gasteiger partial charge in [-0.3, -0.25) is 19.3 Å². The minimum Gasteiger partial charge on any atom is -0.375 e. The highest BCUT2D eigenvalue weighted by molar-refractivity contribution is 5.96. The van der Waals surface area contributed by atoms with E-state index in [2.05, 4.69) is 15.5 Å². The summed E-state index contributed by atoms with van der Waals surface area (Å²) in [6, 6.07) is 20.0. The third-order valence-electron chi connectivity index (χ3n) is 6.18. The zero-order chi connectivity index (χ0) is 23.5. The summed E-state index contributed by atoms with van der Waals surface area (Å²) in [6.45, 7) is 1.55. The first kappa shape index (κ1) is 21.6. The fraction of sp³-hybridized carbons (Fsp3) is 0.240. The molecule has 9 nitrogen and oxygen atoms in total. The second-order valence-corrected chi connectivity index (χ2v) is 8.41. The molecule has 2 aromatic heterocycles. The molecule has 1 N–H and O–H groups in total. The Balaban J connectivity index is 1.34. The van der Waals surface area contributed by atoms with Gasteiger partial charge in [0.1, 0.15) is 11.5 Å². The lowest BCUT2D eigenvalue weighted by atomic mass is 9.96. The number of pyridine rings is 1. The predicted molar refractivity (Wildman–Crippen MR) is 128 cm³/mol. The van der Waals surface area contributed by atoms with E-state index in [1.807, 2.05) is 59.1 Å². The van der Waals surface area contributed by atoms with Crippen molar-refractivity contribution in [2.45, 2.75) is 25.3 Å². The zero-order valence-corrected chi connectivity index (χ0v) is 18.5. The Bertz CT molecular complexity index is 1340. The number of fused-ring (bicyclic) bond motifs is 1. The number of piperidine rings is 1. The Morgan fingerprint density at radius 1 is 1.09 bits per heavy atom. The van der Waals surface area contributed by atoms with Crippen LogP contribution in [-0.4, -0.2) is 43.4 Å². The largest absolute Gasteiger partial charge is 0.375 e. The van der Waals surface area contributed by atoms with Crippen LogP contribution in [0.4, 0.5) is 11.4 Å². The van der Waals surface area contributed by atoms with Crippen molar-refractivity contribution >= 4 is 22.9 Å². The summed E-state index contributed by atoms with van der Waals surface area (Å²) in [5.41, 5.74) is 2.37. The van der Waals surface area contributed by atoms with Crippen molar-refractivity contribution in [2.24, 2.45) is 0 Å². The molecule has 1 saturated heterocycles. The molecule has 2 aromatic carbocycles. The number of nitro benzene ring substituents is 1. The smallest absolute Gasteiger partial charge is 0.293 e. The number of carbonyl (C=O) groups excluding carboxylic acids is 1. The molecule has 4 aromatic rings. The Morgan fingerprint density at radius 2 is 1.91 bits per heavy atom. The fourth-order valence-corrected chi connectivity index (χ4v) is 4.45. The van der Waals surface area contributed by atoms with Crippen LogP contribution in [0.25, 0.3) is 5.65 Å². The van der Waals surface area contributed by atoms with Gasteiger partial charge >= 0.3 is 0 Å². The van der Waals surface area contributed by atoms with Gasteiger partial charge in [-0.2, -0.15) is 0 Å². The van der Waals surface area contributed by atoms with E-state index in [0.717, 1.165) is 29.9 Å². The van der Waals surface area contributed by atoms with Crippen molar-refractivity contribution in [1.29, 1.82) is 0 Å². The number of nitro groups is 1. The van der Waals surface area contributed by atoms with E-state index in [1.54, 1.807) is 17.0 Å². The topological polar surface area (TPSA) is 106 Å². The van der Waals surface area contributed by atoms with Crippen molar-refractivity contribution < 1.29 is 9.72 Å². The Labute approximate surface area is 196 Å². The molecule has 34 heavy (non-hydrogen) atoms. The van der Waals surface area contributed by atoms with Crippen molar-refractivity contribution in [3.8, 4) is 0 Å². The van der Waals surface area contributed by atoms with Gasteiger partial charge in [0.25, 0.3) is 11.6 Å². The van der Waals surface area contributed by atoms with Crippen LogP contribution in [0.1, 0.15) is 40.5 Å². The molecule has 1 fully saturated rings. The summed E-state index contributed by atoms with van der Waals surface area (Å²) in [6.07, 6.45) is 3.66. The number of likely N-dealkylation sites (tertiary alicyclic amines) is 1. The van der Waals surface area contributed by atoms with Crippen LogP contribution in [0.15, 0.2) is 72.9 Å². The van der Waals surface area contributed by atoms with Gasteiger partial charge < -0.3 is 10.2 Å². The van der Waals surface area contributed by atoms with Crippen molar-refractivity contribution in [3.63, 3.8) is 0 Å². The lowest BCUT2D eigenvalue weighted by molar-refractivity contribution is -0.384. The van der Waals surface area contributed by atoms with Gasteiger partial charge in [0.2, 0.25) is 0 Å². The average molecular weight is 457 g/mol. The Kier molecular flexibility index (Phi) is 5.90. The van der Waals surface area contributed by atoms with Crippen LogP contribution in [0, 0.1) is 10.1 Å². The molecule has 1 atom stereocenters. The van der Waals surface area contributed by atoms with Gasteiger partial charge in [-0.05, 0) is 42.7 Å². The minimum absolute atomic E-state index is 0.0527. The third kappa shape index (κ3) is 4.32. The standard InChI is InChI=1S/C25H24N6O3/c32-25(29-13-6-9-20(17-29)24-28-27-23-10-4-5-14-30(23)24)19-11-12-21(22(15-19)31(33)34)26-16-18-7-2-1-3-8-18/h1-5,7-8,10-12,14-15,20,26H,6,9,13,16-17H2. The lowest BCUT2D eigenvalue weighted by Crippen LogP contribution is -2.39. The summed E-state index contributed by atoms with van der Waals surface area (Å²) in [7, 11) is 0. The maximum absolute atomic E-state index is 13.3. The van der Waals surface area contributed by atoms with Gasteiger partial charge in [0, 0.05) is 43.4 Å². The van der Waals surface area contributed by atoms with Crippen molar-refractivity contribution in [1.82, 2.24) is 19.5 Å². The number of hydrogen-bond donors (Lipinski definition) is 1. The van der Waals surface area contributed by atoms with Gasteiger partial charge in [-0.15, -0.1) is 10.2 Å². The highest BCUT2D eigenvalue weighted by Crippen LogP contribution is 2.30. The van der Waals surface area contributed by atoms with E-state index in [1.165, 1.54) is 6.07 Å². The van der Waals surface area contributed by atoms with E-state index < -0.39 is 4.92 Å². The van der Waals surface area contributed by atoms with E-state index in [0.29, 0.717) is 30.9 Å². The molecule has 5 rings (SSSR count). The number of aromatic nitrogens is 3. The first-order valence-corrected chi connectivity index (χ1v) is 11.3. The van der Waals surface area contributed by atoms with E-state index in [9.17, 15) is 14.9 Å². The summed E-state index contributed by atoms with van der Waals surface area (Å²) in [5, 5.41) is 23.4. The third-order valence-corrected chi connectivity index (χ3v) is 6.18. The Hall–Kier alpha value is -4.27. The predicted octanol–water partition coefficient (Wildman–Crippen LogP) is 4.27. The molecule has 0 radical (unpaired) electrons. The maximum atomic E-state index is 13.3. The molecule has 9 heteroatoms. The fourth-order valence-electron chi connectivity index (χ4n) is 4.45. The Morgan fingerprint density at radius 3 is 2.74 bits per heavy atom. The number of benzene rings is 2. The number of amides is 1. The molecule has 0 aliphatic carbocycles. The molecule has 172 valence electrons. The highest BCUT2D eigenvalue weighted by atomic mass is 16.6. The first-order chi connectivity index (χ1) is 16.6. The second kappa shape index (κ2) is 9.30. The molecule has 3 heterocycles. The summed E-state index contributed by atoms with van der Waals surface area (Å²) >= 11 is 0. The molecule has 1 aliphatic heterocycles. The quantitative estimate of drug-likeness (QED) is 0.343. The molecule has 0 bridgehead atoms. The average Bonchev–Trinajstić information content (AvgIpc) is 3.32. The molecule has 0 spiro atoms. The van der Waals surface area contributed by atoms with Crippen LogP contribution in [0.2, 0.25) is 0 Å². The van der Waals surface area contributed by atoms with Gasteiger partial charge in [-0.25, -0.2) is 0 Å². The van der Waals surface area contributed by atoms with Crippen LogP contribution >= 0.6 is 0 Å². The monoisotopic (exact) mass is 456 g/mol. The molecular formula is C25H24N6O3. The molecular weight excluding hydrogens is 432 g/mol. The molecule has 1 amide bonds. The number of rotatable bonds is 6. The molecule has 0 saturated carbocycles. The first-order valence-electron chi connectivity index (χ1n) is 11.3. The number of hydrogen-bond acceptors (Lipinski definition) is 6. The van der Waals surface area contributed by atoms with Crippen molar-refractivity contribution in [3.05, 3.63) is 100.0 Å². The van der Waals surface area contributed by atoms with Crippen LogP contribution in [0.5, 0.6) is 0 Å². The maximum Gasteiger partial charge on any atom is 0.293 e. The zero-order valence-electron chi connectivity index (χ0n) is 18.5. The summed E-state index contributed by atoms with van der Waals surface area (Å²) in [4.78, 5) is 26.3. The van der Waals surface area contributed by atoms with E-state index in [4.69, 9.17) is 0 Å². The van der Waals surface area contributed by atoms with Gasteiger partial charge in [0.05, 0.1) is 4.92 Å². The second-order valence-electron chi connectivity index (χ2n) is 8.41. The lowest BCUT2D eigenvalue weighted by Gasteiger charge is -2.32. The van der Waals surface area contributed by atoms with Crippen LogP contribution < -0.4 is 5.32 Å². The van der Waals surface area contributed by atoms with Crippen LogP contribution in [0.3, 0.4) is 0 Å². The highest BCUT2D eigenvalue weighted by Gasteiger charge is 2.29. The van der Waals surface area contributed by atoms with Gasteiger partial charge in [0.15, 0.2) is 5.65 Å². The summed E-state index contributed by atoms with van der Waals surface area (Å²) in [5.74, 6) is 0.674.